The van der Waals surface area contributed by atoms with E-state index in [2.05, 4.69) is 5.32 Å². The molecule has 0 aliphatic carbocycles. The van der Waals surface area contributed by atoms with Crippen LogP contribution in [0.1, 0.15) is 13.8 Å². The number of benzene rings is 1. The van der Waals surface area contributed by atoms with Crippen LogP contribution < -0.4 is 11.1 Å². The van der Waals surface area contributed by atoms with Gasteiger partial charge < -0.3 is 11.1 Å². The smallest absolute Gasteiger partial charge is 0.384 e. The summed E-state index contributed by atoms with van der Waals surface area (Å²) in [4.78, 5) is -0.770. The molecule has 3 N–H and O–H groups in total. The summed E-state index contributed by atoms with van der Waals surface area (Å²) in [5.74, 6) is 0. The third-order valence-corrected chi connectivity index (χ3v) is 4.30. The minimum absolute atomic E-state index is 0.170. The Morgan fingerprint density at radius 3 is 2.05 bits per heavy atom. The van der Waals surface area contributed by atoms with Crippen LogP contribution in [0.2, 0.25) is 0 Å². The maximum absolute atomic E-state index is 12.4. The molecule has 0 amide bonds. The molecule has 1 aromatic rings. The maximum Gasteiger partial charge on any atom is 0.501 e. The summed E-state index contributed by atoms with van der Waals surface area (Å²) in [6.07, 6.45) is 0. The number of anilines is 1. The second-order valence-corrected chi connectivity index (χ2v) is 7.14. The topological polar surface area (TPSA) is 72.2 Å². The van der Waals surface area contributed by atoms with E-state index in [0.29, 0.717) is 18.8 Å². The van der Waals surface area contributed by atoms with E-state index >= 15 is 0 Å². The average molecular weight is 310 g/mol. The molecule has 0 aliphatic heterocycles. The third-order valence-electron chi connectivity index (χ3n) is 2.79. The van der Waals surface area contributed by atoms with Gasteiger partial charge in [-0.15, -0.1) is 0 Å². The van der Waals surface area contributed by atoms with Crippen molar-refractivity contribution in [3.8, 4) is 0 Å². The molecule has 0 saturated carbocycles. The first kappa shape index (κ1) is 16.8. The van der Waals surface area contributed by atoms with Crippen molar-refractivity contribution in [2.45, 2.75) is 24.3 Å². The molecule has 0 spiro atoms. The predicted octanol–water partition coefficient (Wildman–Crippen LogP) is 2.38. The van der Waals surface area contributed by atoms with Crippen molar-refractivity contribution in [1.29, 1.82) is 0 Å². The minimum atomic E-state index is -5.29. The summed E-state index contributed by atoms with van der Waals surface area (Å²) >= 11 is 0. The van der Waals surface area contributed by atoms with E-state index in [1.165, 1.54) is 12.1 Å². The van der Waals surface area contributed by atoms with Crippen LogP contribution >= 0.6 is 0 Å². The van der Waals surface area contributed by atoms with Crippen LogP contribution in [0.4, 0.5) is 18.9 Å². The lowest BCUT2D eigenvalue weighted by atomic mass is 9.94. The summed E-state index contributed by atoms with van der Waals surface area (Å²) in [6.45, 7) is 4.83. The SMILES string of the molecule is CC(C)(CN)CNc1ccc(S(=O)(=O)C(F)(F)F)cc1. The summed E-state index contributed by atoms with van der Waals surface area (Å²) in [6, 6.07) is 4.46. The standard InChI is InChI=1S/C12H17F3N2O2S/c1-11(2,7-16)8-17-9-3-5-10(6-4-9)20(18,19)12(13,14)15/h3-6,17H,7-8,16H2,1-2H3. The van der Waals surface area contributed by atoms with E-state index in [1.54, 1.807) is 0 Å². The molecule has 0 heterocycles. The highest BCUT2D eigenvalue weighted by atomic mass is 32.2. The molecule has 0 bridgehead atoms. The number of halogens is 3. The molecule has 0 saturated heterocycles. The van der Waals surface area contributed by atoms with E-state index in [-0.39, 0.29) is 5.41 Å². The monoisotopic (exact) mass is 310 g/mol. The third kappa shape index (κ3) is 3.86. The van der Waals surface area contributed by atoms with Gasteiger partial charge in [-0.3, -0.25) is 0 Å². The van der Waals surface area contributed by atoms with Crippen LogP contribution in [0.15, 0.2) is 29.2 Å². The van der Waals surface area contributed by atoms with Gasteiger partial charge in [-0.25, -0.2) is 8.42 Å². The van der Waals surface area contributed by atoms with Gasteiger partial charge in [0.25, 0.3) is 9.84 Å². The van der Waals surface area contributed by atoms with E-state index in [1.807, 2.05) is 13.8 Å². The summed E-state index contributed by atoms with van der Waals surface area (Å²) in [5, 5.41) is 3.00. The first-order valence-corrected chi connectivity index (χ1v) is 7.33. The average Bonchev–Trinajstić information content (AvgIpc) is 2.36. The van der Waals surface area contributed by atoms with E-state index in [0.717, 1.165) is 12.1 Å². The van der Waals surface area contributed by atoms with Gasteiger partial charge in [-0.05, 0) is 36.2 Å². The largest absolute Gasteiger partial charge is 0.501 e. The van der Waals surface area contributed by atoms with Crippen LogP contribution in [0, 0.1) is 5.41 Å². The Labute approximate surface area is 116 Å². The second-order valence-electron chi connectivity index (χ2n) is 5.20. The molecule has 20 heavy (non-hydrogen) atoms. The first-order chi connectivity index (χ1) is 8.99. The molecule has 0 radical (unpaired) electrons. The van der Waals surface area contributed by atoms with Crippen LogP contribution in [-0.2, 0) is 9.84 Å². The zero-order valence-corrected chi connectivity index (χ0v) is 12.0. The highest BCUT2D eigenvalue weighted by Crippen LogP contribution is 2.30. The van der Waals surface area contributed by atoms with Crippen LogP contribution in [0.5, 0.6) is 0 Å². The molecule has 0 unspecified atom stereocenters. The number of hydrogen-bond acceptors (Lipinski definition) is 4. The lowest BCUT2D eigenvalue weighted by molar-refractivity contribution is -0.0436. The Bertz CT molecular complexity index is 551. The molecule has 0 aromatic heterocycles. The number of nitrogens with two attached hydrogens (primary N) is 1. The minimum Gasteiger partial charge on any atom is -0.384 e. The lowest BCUT2D eigenvalue weighted by Crippen LogP contribution is -2.31. The predicted molar refractivity (Wildman–Crippen MR) is 71.0 cm³/mol. The normalized spacial score (nSPS) is 13.3. The van der Waals surface area contributed by atoms with Gasteiger partial charge in [-0.1, -0.05) is 13.8 Å². The van der Waals surface area contributed by atoms with E-state index < -0.39 is 20.2 Å². The Morgan fingerprint density at radius 2 is 1.65 bits per heavy atom. The van der Waals surface area contributed by atoms with E-state index in [4.69, 9.17) is 5.73 Å². The summed E-state index contributed by atoms with van der Waals surface area (Å²) in [5.41, 5.74) is 0.632. The number of alkyl halides is 3. The fraction of sp³-hybridized carbons (Fsp3) is 0.500. The molecule has 1 rings (SSSR count). The number of rotatable bonds is 5. The number of sulfone groups is 1. The Kier molecular flexibility index (Phi) is 4.70. The van der Waals surface area contributed by atoms with Crippen molar-refractivity contribution in [3.63, 3.8) is 0 Å². The van der Waals surface area contributed by atoms with Gasteiger partial charge in [0.05, 0.1) is 4.90 Å². The number of nitrogens with one attached hydrogen (secondary N) is 1. The maximum atomic E-state index is 12.4. The van der Waals surface area contributed by atoms with Crippen molar-refractivity contribution in [2.24, 2.45) is 11.1 Å². The molecular weight excluding hydrogens is 293 g/mol. The fourth-order valence-electron chi connectivity index (χ4n) is 1.30. The van der Waals surface area contributed by atoms with E-state index in [9.17, 15) is 21.6 Å². The zero-order chi connectivity index (χ0) is 15.6. The number of hydrogen-bond donors (Lipinski definition) is 2. The highest BCUT2D eigenvalue weighted by molar-refractivity contribution is 7.92. The Morgan fingerprint density at radius 1 is 1.15 bits per heavy atom. The van der Waals surface area contributed by atoms with Crippen molar-refractivity contribution in [1.82, 2.24) is 0 Å². The Hall–Kier alpha value is -1.28. The van der Waals surface area contributed by atoms with Crippen LogP contribution in [0.3, 0.4) is 0 Å². The van der Waals surface area contributed by atoms with Crippen molar-refractivity contribution < 1.29 is 21.6 Å². The van der Waals surface area contributed by atoms with Gasteiger partial charge in [-0.2, -0.15) is 13.2 Å². The molecule has 114 valence electrons. The molecule has 8 heteroatoms. The van der Waals surface area contributed by atoms with Crippen LogP contribution in [0.25, 0.3) is 0 Å². The molecule has 1 aromatic carbocycles. The van der Waals surface area contributed by atoms with Crippen LogP contribution in [-0.4, -0.2) is 27.0 Å². The molecule has 0 atom stereocenters. The lowest BCUT2D eigenvalue weighted by Gasteiger charge is -2.23. The van der Waals surface area contributed by atoms with Gasteiger partial charge in [0.2, 0.25) is 0 Å². The quantitative estimate of drug-likeness (QED) is 0.876. The molecule has 0 aliphatic rings. The van der Waals surface area contributed by atoms with Crippen molar-refractivity contribution in [3.05, 3.63) is 24.3 Å². The Balaban J connectivity index is 2.86. The van der Waals surface area contributed by atoms with Gasteiger partial charge >= 0.3 is 5.51 Å². The van der Waals surface area contributed by atoms with Gasteiger partial charge in [0, 0.05) is 12.2 Å². The molecular formula is C12H17F3N2O2S. The molecule has 0 fully saturated rings. The van der Waals surface area contributed by atoms with Crippen molar-refractivity contribution >= 4 is 15.5 Å². The van der Waals surface area contributed by atoms with Gasteiger partial charge in [0.1, 0.15) is 0 Å². The first-order valence-electron chi connectivity index (χ1n) is 5.85. The molecule has 4 nitrogen and oxygen atoms in total. The summed E-state index contributed by atoms with van der Waals surface area (Å²) in [7, 11) is -5.29. The second kappa shape index (κ2) is 5.61. The zero-order valence-electron chi connectivity index (χ0n) is 11.2. The fourth-order valence-corrected chi connectivity index (χ4v) is 2.06. The highest BCUT2D eigenvalue weighted by Gasteiger charge is 2.46. The van der Waals surface area contributed by atoms with Gasteiger partial charge in [0.15, 0.2) is 0 Å². The van der Waals surface area contributed by atoms with Crippen molar-refractivity contribution in [2.75, 3.05) is 18.4 Å². The summed E-state index contributed by atoms with van der Waals surface area (Å²) < 4.78 is 59.4.